The molecule has 0 bridgehead atoms. The van der Waals surface area contributed by atoms with Gasteiger partial charge in [-0.25, -0.2) is 0 Å². The van der Waals surface area contributed by atoms with E-state index in [9.17, 15) is 23.1 Å². The minimum Gasteiger partial charge on any atom is -0.507 e. The largest absolute Gasteiger partial charge is 0.507 e. The fourth-order valence-electron chi connectivity index (χ4n) is 2.98. The lowest BCUT2D eigenvalue weighted by atomic mass is 9.89. The maximum Gasteiger partial charge on any atom is 0.446 e. The smallest absolute Gasteiger partial charge is 0.446 e. The van der Waals surface area contributed by atoms with Gasteiger partial charge < -0.3 is 10.4 Å². The van der Waals surface area contributed by atoms with Crippen LogP contribution in [0.25, 0.3) is 0 Å². The van der Waals surface area contributed by atoms with E-state index in [0.717, 1.165) is 36.5 Å². The first-order valence-corrected chi connectivity index (χ1v) is 9.14. The molecule has 1 aliphatic carbocycles. The molecule has 0 unspecified atom stereocenters. The highest BCUT2D eigenvalue weighted by atomic mass is 35.5. The number of rotatable bonds is 3. The normalized spacial score (nSPS) is 14.0. The summed E-state index contributed by atoms with van der Waals surface area (Å²) in [6, 6.07) is 7.06. The number of aromatic hydroxyl groups is 1. The van der Waals surface area contributed by atoms with Crippen molar-refractivity contribution >= 4 is 35.0 Å². The van der Waals surface area contributed by atoms with Crippen LogP contribution in [0.5, 0.6) is 5.75 Å². The predicted octanol–water partition coefficient (Wildman–Crippen LogP) is 5.79. The number of benzene rings is 2. The van der Waals surface area contributed by atoms with Gasteiger partial charge >= 0.3 is 5.51 Å². The average Bonchev–Trinajstić information content (AvgIpc) is 2.56. The van der Waals surface area contributed by atoms with Gasteiger partial charge in [0.05, 0.1) is 16.3 Å². The number of hydrogen-bond donors (Lipinski definition) is 2. The average molecular weight is 402 g/mol. The lowest BCUT2D eigenvalue weighted by Gasteiger charge is -2.19. The van der Waals surface area contributed by atoms with Crippen LogP contribution < -0.4 is 5.32 Å². The molecule has 1 amide bonds. The first-order chi connectivity index (χ1) is 12.2. The van der Waals surface area contributed by atoms with E-state index in [-0.39, 0.29) is 38.7 Å². The fraction of sp³-hybridized carbons (Fsp3) is 0.278. The zero-order valence-corrected chi connectivity index (χ0v) is 15.1. The molecule has 138 valence electrons. The van der Waals surface area contributed by atoms with Gasteiger partial charge in [-0.2, -0.15) is 13.2 Å². The molecule has 0 fully saturated rings. The van der Waals surface area contributed by atoms with Gasteiger partial charge in [-0.15, -0.1) is 0 Å². The molecule has 2 aromatic rings. The van der Waals surface area contributed by atoms with Crippen molar-refractivity contribution in [3.8, 4) is 5.75 Å². The number of phenols is 1. The number of nitrogens with one attached hydrogen (secondary N) is 1. The van der Waals surface area contributed by atoms with Crippen LogP contribution >= 0.6 is 23.4 Å². The van der Waals surface area contributed by atoms with Crippen LogP contribution in [0.1, 0.15) is 34.3 Å². The van der Waals surface area contributed by atoms with Crippen LogP contribution in [-0.4, -0.2) is 16.5 Å². The van der Waals surface area contributed by atoms with Crippen molar-refractivity contribution in [3.63, 3.8) is 0 Å². The minimum atomic E-state index is -4.41. The van der Waals surface area contributed by atoms with Crippen LogP contribution in [-0.2, 0) is 12.8 Å². The monoisotopic (exact) mass is 401 g/mol. The maximum atomic E-state index is 12.5. The Balaban J connectivity index is 1.80. The van der Waals surface area contributed by atoms with Gasteiger partial charge in [-0.05, 0) is 72.8 Å². The van der Waals surface area contributed by atoms with Crippen LogP contribution in [0, 0.1) is 0 Å². The maximum absolute atomic E-state index is 12.5. The summed E-state index contributed by atoms with van der Waals surface area (Å²) in [6.45, 7) is 0. The molecule has 3 nitrogen and oxygen atoms in total. The van der Waals surface area contributed by atoms with E-state index in [4.69, 9.17) is 11.6 Å². The lowest BCUT2D eigenvalue weighted by Crippen LogP contribution is -2.14. The summed E-state index contributed by atoms with van der Waals surface area (Å²) in [4.78, 5) is 12.4. The molecule has 0 saturated carbocycles. The summed E-state index contributed by atoms with van der Waals surface area (Å²) < 4.78 is 37.2. The number of alkyl halides is 3. The zero-order chi connectivity index (χ0) is 18.9. The van der Waals surface area contributed by atoms with Crippen molar-refractivity contribution < 1.29 is 23.1 Å². The summed E-state index contributed by atoms with van der Waals surface area (Å²) in [6.07, 6.45) is 3.59. The second-order valence-corrected chi connectivity index (χ2v) is 7.50. The third kappa shape index (κ3) is 4.27. The number of phenolic OH excluding ortho intramolecular Hbond substituents is 1. The van der Waals surface area contributed by atoms with Gasteiger partial charge in [0.15, 0.2) is 0 Å². The van der Waals surface area contributed by atoms with E-state index in [2.05, 4.69) is 5.32 Å². The Morgan fingerprint density at radius 1 is 1.15 bits per heavy atom. The molecule has 0 spiro atoms. The van der Waals surface area contributed by atoms with Gasteiger partial charge in [-0.1, -0.05) is 17.7 Å². The van der Waals surface area contributed by atoms with Gasteiger partial charge in [0.25, 0.3) is 5.91 Å². The summed E-state index contributed by atoms with van der Waals surface area (Å²) >= 11 is 5.71. The molecule has 8 heteroatoms. The highest BCUT2D eigenvalue weighted by molar-refractivity contribution is 8.00. The molecule has 0 radical (unpaired) electrons. The number of carbonyl (C=O) groups excluding carboxylic acids is 1. The topological polar surface area (TPSA) is 49.3 Å². The summed E-state index contributed by atoms with van der Waals surface area (Å²) in [5.74, 6) is -0.603. The number of aryl methyl sites for hydroxylation is 1. The molecule has 2 N–H and O–H groups in total. The highest BCUT2D eigenvalue weighted by Crippen LogP contribution is 2.39. The first-order valence-electron chi connectivity index (χ1n) is 7.95. The molecule has 0 atom stereocenters. The van der Waals surface area contributed by atoms with E-state index in [1.54, 1.807) is 6.07 Å². The van der Waals surface area contributed by atoms with Gasteiger partial charge in [0, 0.05) is 4.90 Å². The van der Waals surface area contributed by atoms with E-state index in [0.29, 0.717) is 6.42 Å². The van der Waals surface area contributed by atoms with Gasteiger partial charge in [0.1, 0.15) is 5.75 Å². The van der Waals surface area contributed by atoms with Gasteiger partial charge in [-0.3, -0.25) is 4.79 Å². The lowest BCUT2D eigenvalue weighted by molar-refractivity contribution is -0.0328. The molecule has 2 aromatic carbocycles. The number of halogens is 4. The van der Waals surface area contributed by atoms with Crippen molar-refractivity contribution in [2.24, 2.45) is 0 Å². The minimum absolute atomic E-state index is 0.00921. The Morgan fingerprint density at radius 2 is 1.88 bits per heavy atom. The Kier molecular flexibility index (Phi) is 5.39. The van der Waals surface area contributed by atoms with E-state index >= 15 is 0 Å². The highest BCUT2D eigenvalue weighted by Gasteiger charge is 2.29. The van der Waals surface area contributed by atoms with E-state index in [1.165, 1.54) is 12.1 Å². The standard InChI is InChI=1S/C18H15ClF3NO2S/c19-14-9-11(26-18(20,21)22)6-8-15(14)23-17(25)13-7-5-10-3-1-2-4-12(10)16(13)24/h5-9,24H,1-4H2,(H,23,25). The molecule has 0 aromatic heterocycles. The predicted molar refractivity (Wildman–Crippen MR) is 96.1 cm³/mol. The number of fused-ring (bicyclic) bond motifs is 1. The third-order valence-corrected chi connectivity index (χ3v) is 5.20. The molecule has 26 heavy (non-hydrogen) atoms. The first kappa shape index (κ1) is 18.9. The zero-order valence-electron chi connectivity index (χ0n) is 13.5. The Hall–Kier alpha value is -1.86. The third-order valence-electron chi connectivity index (χ3n) is 4.17. The Bertz CT molecular complexity index is 855. The molecule has 0 heterocycles. The molecular weight excluding hydrogens is 387 g/mol. The van der Waals surface area contributed by atoms with Crippen LogP contribution in [0.4, 0.5) is 18.9 Å². The molecular formula is C18H15ClF3NO2S. The molecule has 1 aliphatic rings. The quantitative estimate of drug-likeness (QED) is 0.640. The number of hydrogen-bond acceptors (Lipinski definition) is 3. The molecule has 3 rings (SSSR count). The van der Waals surface area contributed by atoms with Crippen molar-refractivity contribution in [1.29, 1.82) is 0 Å². The summed E-state index contributed by atoms with van der Waals surface area (Å²) in [7, 11) is 0. The van der Waals surface area contributed by atoms with E-state index in [1.807, 2.05) is 6.07 Å². The Morgan fingerprint density at radius 3 is 2.58 bits per heavy atom. The van der Waals surface area contributed by atoms with Crippen LogP contribution in [0.15, 0.2) is 35.2 Å². The second kappa shape index (κ2) is 7.40. The second-order valence-electron chi connectivity index (χ2n) is 5.95. The number of carbonyl (C=O) groups is 1. The Labute approximate surface area is 157 Å². The number of thioether (sulfide) groups is 1. The van der Waals surface area contributed by atoms with Crippen molar-refractivity contribution in [2.45, 2.75) is 36.1 Å². The number of amides is 1. The molecule has 0 saturated heterocycles. The fourth-order valence-corrected chi connectivity index (χ4v) is 3.85. The number of anilines is 1. The SMILES string of the molecule is O=C(Nc1ccc(SC(F)(F)F)cc1Cl)c1ccc2c(c1O)CCCC2. The van der Waals surface area contributed by atoms with Crippen LogP contribution in [0.3, 0.4) is 0 Å². The summed E-state index contributed by atoms with van der Waals surface area (Å²) in [5.41, 5.74) is -2.29. The van der Waals surface area contributed by atoms with Crippen molar-refractivity contribution in [2.75, 3.05) is 5.32 Å². The van der Waals surface area contributed by atoms with Crippen molar-refractivity contribution in [3.05, 3.63) is 52.0 Å². The van der Waals surface area contributed by atoms with Crippen molar-refractivity contribution in [1.82, 2.24) is 0 Å². The summed E-state index contributed by atoms with van der Waals surface area (Å²) in [5, 5.41) is 12.9. The molecule has 0 aliphatic heterocycles. The van der Waals surface area contributed by atoms with Crippen LogP contribution in [0.2, 0.25) is 5.02 Å². The van der Waals surface area contributed by atoms with Gasteiger partial charge in [0.2, 0.25) is 0 Å². The van der Waals surface area contributed by atoms with E-state index < -0.39 is 11.4 Å².